The van der Waals surface area contributed by atoms with E-state index in [1.165, 1.54) is 4.90 Å². The maximum absolute atomic E-state index is 12.7. The van der Waals surface area contributed by atoms with Crippen molar-refractivity contribution >= 4 is 17.5 Å². The van der Waals surface area contributed by atoms with Gasteiger partial charge in [-0.25, -0.2) is 4.90 Å². The molecule has 2 amide bonds. The lowest BCUT2D eigenvalue weighted by Crippen LogP contribution is -2.90. The van der Waals surface area contributed by atoms with Gasteiger partial charge in [0.2, 0.25) is 12.7 Å². The number of ether oxygens (including phenoxy) is 3. The zero-order valence-electron chi connectivity index (χ0n) is 14.3. The van der Waals surface area contributed by atoms with Gasteiger partial charge in [-0.1, -0.05) is 0 Å². The number of anilines is 1. The number of imide groups is 1. The van der Waals surface area contributed by atoms with Crippen molar-refractivity contribution in [1.29, 1.82) is 0 Å². The molecule has 0 saturated carbocycles. The van der Waals surface area contributed by atoms with Gasteiger partial charge in [-0.3, -0.25) is 9.59 Å². The van der Waals surface area contributed by atoms with E-state index < -0.39 is 6.04 Å². The van der Waals surface area contributed by atoms with Crippen LogP contribution in [0.25, 0.3) is 0 Å². The topological polar surface area (TPSA) is 81.7 Å². The fourth-order valence-corrected chi connectivity index (χ4v) is 3.19. The minimum Gasteiger partial charge on any atom is -0.497 e. The van der Waals surface area contributed by atoms with Gasteiger partial charge in [-0.05, 0) is 42.5 Å². The monoisotopic (exact) mass is 355 g/mol. The Bertz CT molecular complexity index is 850. The molecule has 2 heterocycles. The van der Waals surface area contributed by atoms with Crippen LogP contribution >= 0.6 is 0 Å². The van der Waals surface area contributed by atoms with E-state index in [1.54, 1.807) is 31.4 Å². The maximum atomic E-state index is 12.7. The van der Waals surface area contributed by atoms with Crippen molar-refractivity contribution in [2.24, 2.45) is 0 Å². The summed E-state index contributed by atoms with van der Waals surface area (Å²) in [5, 5.41) is 1.89. The molecule has 1 fully saturated rings. The van der Waals surface area contributed by atoms with E-state index in [2.05, 4.69) is 0 Å². The van der Waals surface area contributed by atoms with Gasteiger partial charge >= 0.3 is 0 Å². The Morgan fingerprint density at radius 3 is 2.65 bits per heavy atom. The normalized spacial score (nSPS) is 18.5. The molecular weight excluding hydrogens is 336 g/mol. The Hall–Kier alpha value is -3.06. The molecule has 1 saturated heterocycles. The van der Waals surface area contributed by atoms with Crippen molar-refractivity contribution in [3.63, 3.8) is 0 Å². The van der Waals surface area contributed by atoms with E-state index in [-0.39, 0.29) is 25.0 Å². The quantitative estimate of drug-likeness (QED) is 0.803. The summed E-state index contributed by atoms with van der Waals surface area (Å²) in [7, 11) is 1.57. The molecule has 2 aliphatic rings. The Balaban J connectivity index is 1.43. The standard InChI is InChI=1S/C19H18N2O5/c1-24-14-5-3-13(4-6-14)21-18(22)9-15(19(21)23)20-10-12-2-7-16-17(8-12)26-11-25-16/h2-8,15,20H,9-11H2,1H3/p+1/t15-/m0/s1. The fourth-order valence-electron chi connectivity index (χ4n) is 3.19. The van der Waals surface area contributed by atoms with E-state index in [0.717, 1.165) is 11.3 Å². The number of amides is 2. The van der Waals surface area contributed by atoms with Crippen molar-refractivity contribution in [2.75, 3.05) is 18.8 Å². The van der Waals surface area contributed by atoms with Gasteiger partial charge in [0.05, 0.1) is 19.2 Å². The molecule has 0 radical (unpaired) electrons. The molecule has 0 bridgehead atoms. The summed E-state index contributed by atoms with van der Waals surface area (Å²) in [5.74, 6) is 1.74. The Labute approximate surface area is 150 Å². The zero-order valence-corrected chi connectivity index (χ0v) is 14.3. The molecule has 0 aromatic heterocycles. The summed E-state index contributed by atoms with van der Waals surface area (Å²) in [6.07, 6.45) is 0.190. The Morgan fingerprint density at radius 2 is 1.88 bits per heavy atom. The first-order valence-electron chi connectivity index (χ1n) is 8.38. The van der Waals surface area contributed by atoms with Gasteiger partial charge in [0, 0.05) is 5.56 Å². The van der Waals surface area contributed by atoms with E-state index >= 15 is 0 Å². The van der Waals surface area contributed by atoms with Crippen LogP contribution in [0.4, 0.5) is 5.69 Å². The molecule has 0 unspecified atom stereocenters. The predicted molar refractivity (Wildman–Crippen MR) is 92.1 cm³/mol. The third-order valence-corrected chi connectivity index (χ3v) is 4.59. The maximum Gasteiger partial charge on any atom is 0.292 e. The highest BCUT2D eigenvalue weighted by molar-refractivity contribution is 6.21. The summed E-state index contributed by atoms with van der Waals surface area (Å²) in [5.41, 5.74) is 1.58. The number of benzene rings is 2. The first-order chi connectivity index (χ1) is 12.7. The van der Waals surface area contributed by atoms with E-state index in [1.807, 2.05) is 23.5 Å². The first kappa shape index (κ1) is 16.4. The second kappa shape index (κ2) is 6.68. The van der Waals surface area contributed by atoms with Crippen LogP contribution in [0, 0.1) is 0 Å². The van der Waals surface area contributed by atoms with Crippen LogP contribution in [0.15, 0.2) is 42.5 Å². The summed E-state index contributed by atoms with van der Waals surface area (Å²) in [6, 6.07) is 12.2. The van der Waals surface area contributed by atoms with Gasteiger partial charge < -0.3 is 19.5 Å². The van der Waals surface area contributed by atoms with Crippen LogP contribution in [0.1, 0.15) is 12.0 Å². The number of nitrogens with two attached hydrogens (primary N) is 1. The van der Waals surface area contributed by atoms with Gasteiger partial charge in [-0.15, -0.1) is 0 Å². The van der Waals surface area contributed by atoms with E-state index in [4.69, 9.17) is 14.2 Å². The predicted octanol–water partition coefficient (Wildman–Crippen LogP) is 0.819. The van der Waals surface area contributed by atoms with Crippen LogP contribution in [-0.4, -0.2) is 31.8 Å². The lowest BCUT2D eigenvalue weighted by atomic mass is 10.1. The highest BCUT2D eigenvalue weighted by atomic mass is 16.7. The number of carbonyl (C=O) groups is 2. The van der Waals surface area contributed by atoms with Crippen LogP contribution in [0.5, 0.6) is 17.2 Å². The van der Waals surface area contributed by atoms with Gasteiger partial charge in [0.25, 0.3) is 5.91 Å². The van der Waals surface area contributed by atoms with Crippen LogP contribution < -0.4 is 24.4 Å². The van der Waals surface area contributed by atoms with Crippen molar-refractivity contribution in [1.82, 2.24) is 0 Å². The highest BCUT2D eigenvalue weighted by Gasteiger charge is 2.42. The zero-order chi connectivity index (χ0) is 18.1. The Kier molecular flexibility index (Phi) is 4.22. The van der Waals surface area contributed by atoms with Gasteiger partial charge in [0.1, 0.15) is 12.3 Å². The molecule has 2 aromatic rings. The number of methoxy groups -OCH3 is 1. The van der Waals surface area contributed by atoms with Crippen molar-refractivity contribution in [2.45, 2.75) is 19.0 Å². The van der Waals surface area contributed by atoms with Crippen molar-refractivity contribution < 1.29 is 29.1 Å². The molecule has 2 N–H and O–H groups in total. The number of hydrogen-bond acceptors (Lipinski definition) is 5. The summed E-state index contributed by atoms with van der Waals surface area (Å²) in [6.45, 7) is 0.811. The first-order valence-corrected chi connectivity index (χ1v) is 8.38. The number of fused-ring (bicyclic) bond motifs is 1. The molecule has 2 aromatic carbocycles. The second-order valence-electron chi connectivity index (χ2n) is 6.20. The lowest BCUT2D eigenvalue weighted by Gasteiger charge is -2.14. The molecule has 134 valence electrons. The number of quaternary nitrogens is 1. The minimum atomic E-state index is -0.421. The minimum absolute atomic E-state index is 0.188. The number of hydrogen-bond donors (Lipinski definition) is 1. The molecule has 26 heavy (non-hydrogen) atoms. The number of rotatable bonds is 5. The lowest BCUT2D eigenvalue weighted by molar-refractivity contribution is -0.690. The average Bonchev–Trinajstić information content (AvgIpc) is 3.23. The molecule has 4 rings (SSSR count). The molecule has 1 atom stereocenters. The average molecular weight is 355 g/mol. The molecule has 0 aliphatic carbocycles. The SMILES string of the molecule is COc1ccc(N2C(=O)C[C@H]([NH2+]Cc3ccc4c(c3)OCO4)C2=O)cc1. The second-order valence-corrected chi connectivity index (χ2v) is 6.20. The molecule has 7 heteroatoms. The number of carbonyl (C=O) groups excluding carboxylic acids is 2. The molecule has 2 aliphatic heterocycles. The molecule has 7 nitrogen and oxygen atoms in total. The third kappa shape index (κ3) is 2.97. The molecular formula is C19H19N2O5+. The van der Waals surface area contributed by atoms with Crippen LogP contribution in [-0.2, 0) is 16.1 Å². The van der Waals surface area contributed by atoms with Crippen LogP contribution in [0.3, 0.4) is 0 Å². The van der Waals surface area contributed by atoms with Crippen molar-refractivity contribution in [3.05, 3.63) is 48.0 Å². The summed E-state index contributed by atoms with van der Waals surface area (Å²) >= 11 is 0. The Morgan fingerprint density at radius 1 is 1.12 bits per heavy atom. The molecule has 0 spiro atoms. The largest absolute Gasteiger partial charge is 0.497 e. The van der Waals surface area contributed by atoms with E-state index in [0.29, 0.717) is 23.7 Å². The van der Waals surface area contributed by atoms with Gasteiger partial charge in [-0.2, -0.15) is 0 Å². The fraction of sp³-hybridized carbons (Fsp3) is 0.263. The summed E-state index contributed by atoms with van der Waals surface area (Å²) in [4.78, 5) is 26.3. The summed E-state index contributed by atoms with van der Waals surface area (Å²) < 4.78 is 15.8. The smallest absolute Gasteiger partial charge is 0.292 e. The van der Waals surface area contributed by atoms with Gasteiger partial charge in [0.15, 0.2) is 17.5 Å². The number of nitrogens with zero attached hydrogens (tertiary/aromatic N) is 1. The van der Waals surface area contributed by atoms with E-state index in [9.17, 15) is 9.59 Å². The van der Waals surface area contributed by atoms with Crippen LogP contribution in [0.2, 0.25) is 0 Å². The van der Waals surface area contributed by atoms with Crippen molar-refractivity contribution in [3.8, 4) is 17.2 Å². The highest BCUT2D eigenvalue weighted by Crippen LogP contribution is 2.32. The third-order valence-electron chi connectivity index (χ3n) is 4.59.